The van der Waals surface area contributed by atoms with Crippen molar-refractivity contribution in [1.82, 2.24) is 10.2 Å². The molecular formula is C12H14N2O5. The molecular weight excluding hydrogens is 252 g/mol. The molecule has 0 spiro atoms. The van der Waals surface area contributed by atoms with Crippen LogP contribution in [0.25, 0.3) is 0 Å². The molecule has 0 unspecified atom stereocenters. The van der Waals surface area contributed by atoms with Crippen molar-refractivity contribution in [2.24, 2.45) is 0 Å². The first-order valence-electron chi connectivity index (χ1n) is 5.69. The standard InChI is InChI=1S/C12H14N2O5/c1-6-8(9(15)16)4-7(19-6)5-14-10(17)12(2,3)13-11(14)18/h4H,5H2,1-3H3,(H,13,18)(H,15,16). The minimum absolute atomic E-state index is 0.0290. The van der Waals surface area contributed by atoms with E-state index in [9.17, 15) is 14.4 Å². The fraction of sp³-hybridized carbons (Fsp3) is 0.417. The van der Waals surface area contributed by atoms with Crippen LogP contribution in [0, 0.1) is 6.92 Å². The molecule has 1 fully saturated rings. The number of nitrogens with zero attached hydrogens (tertiary/aromatic N) is 1. The molecule has 2 N–H and O–H groups in total. The normalized spacial score (nSPS) is 17.7. The first-order valence-corrected chi connectivity index (χ1v) is 5.69. The molecule has 1 aliphatic rings. The van der Waals surface area contributed by atoms with Crippen LogP contribution in [0.3, 0.4) is 0 Å². The highest BCUT2D eigenvalue weighted by molar-refractivity contribution is 6.06. The lowest BCUT2D eigenvalue weighted by Crippen LogP contribution is -2.40. The van der Waals surface area contributed by atoms with E-state index < -0.39 is 17.5 Å². The van der Waals surface area contributed by atoms with Crippen molar-refractivity contribution >= 4 is 17.9 Å². The highest BCUT2D eigenvalue weighted by Gasteiger charge is 2.44. The highest BCUT2D eigenvalue weighted by Crippen LogP contribution is 2.21. The molecule has 3 amide bonds. The van der Waals surface area contributed by atoms with Crippen LogP contribution in [0.1, 0.15) is 35.7 Å². The predicted molar refractivity (Wildman–Crippen MR) is 63.6 cm³/mol. The van der Waals surface area contributed by atoms with Crippen LogP contribution in [-0.4, -0.2) is 33.5 Å². The molecule has 0 bridgehead atoms. The maximum atomic E-state index is 12.0. The largest absolute Gasteiger partial charge is 0.478 e. The maximum absolute atomic E-state index is 12.0. The van der Waals surface area contributed by atoms with Crippen LogP contribution in [0.15, 0.2) is 10.5 Å². The number of amides is 3. The molecule has 0 radical (unpaired) electrons. The van der Waals surface area contributed by atoms with E-state index in [0.717, 1.165) is 4.90 Å². The van der Waals surface area contributed by atoms with Gasteiger partial charge in [-0.05, 0) is 26.8 Å². The predicted octanol–water partition coefficient (Wildman–Crippen LogP) is 1.12. The van der Waals surface area contributed by atoms with Gasteiger partial charge in [0.15, 0.2) is 0 Å². The summed E-state index contributed by atoms with van der Waals surface area (Å²) in [5.74, 6) is -0.974. The molecule has 0 saturated carbocycles. The van der Waals surface area contributed by atoms with Gasteiger partial charge in [-0.1, -0.05) is 0 Å². The molecule has 7 nitrogen and oxygen atoms in total. The van der Waals surface area contributed by atoms with Gasteiger partial charge in [0, 0.05) is 0 Å². The van der Waals surface area contributed by atoms with Gasteiger partial charge in [0.25, 0.3) is 5.91 Å². The third kappa shape index (κ3) is 2.18. The summed E-state index contributed by atoms with van der Waals surface area (Å²) in [4.78, 5) is 35.5. The average molecular weight is 266 g/mol. The third-order valence-electron chi connectivity index (χ3n) is 2.96. The average Bonchev–Trinajstić information content (AvgIpc) is 2.73. The van der Waals surface area contributed by atoms with Crippen molar-refractivity contribution in [2.45, 2.75) is 32.9 Å². The number of carboxylic acids is 1. The van der Waals surface area contributed by atoms with Gasteiger partial charge in [-0.2, -0.15) is 0 Å². The van der Waals surface area contributed by atoms with Crippen molar-refractivity contribution in [2.75, 3.05) is 0 Å². The quantitative estimate of drug-likeness (QED) is 0.798. The zero-order chi connectivity index (χ0) is 14.4. The Labute approximate surface area is 109 Å². The maximum Gasteiger partial charge on any atom is 0.339 e. The highest BCUT2D eigenvalue weighted by atomic mass is 16.4. The Morgan fingerprint density at radius 3 is 2.53 bits per heavy atom. The lowest BCUT2D eigenvalue weighted by molar-refractivity contribution is -0.130. The Hall–Kier alpha value is -2.31. The number of urea groups is 1. The number of carbonyl (C=O) groups is 3. The molecule has 1 saturated heterocycles. The van der Waals surface area contributed by atoms with Crippen LogP contribution in [0.4, 0.5) is 4.79 Å². The topological polar surface area (TPSA) is 99.9 Å². The van der Waals surface area contributed by atoms with E-state index in [1.54, 1.807) is 13.8 Å². The fourth-order valence-electron chi connectivity index (χ4n) is 1.95. The van der Waals surface area contributed by atoms with Crippen LogP contribution in [-0.2, 0) is 11.3 Å². The van der Waals surface area contributed by atoms with E-state index in [1.165, 1.54) is 13.0 Å². The van der Waals surface area contributed by atoms with Gasteiger partial charge >= 0.3 is 12.0 Å². The zero-order valence-electron chi connectivity index (χ0n) is 10.8. The smallest absolute Gasteiger partial charge is 0.339 e. The van der Waals surface area contributed by atoms with Crippen LogP contribution in [0.2, 0.25) is 0 Å². The second-order valence-electron chi connectivity index (χ2n) is 4.93. The number of hydrogen-bond donors (Lipinski definition) is 2. The Bertz CT molecular complexity index is 573. The molecule has 0 aliphatic carbocycles. The second-order valence-corrected chi connectivity index (χ2v) is 4.93. The number of imide groups is 1. The summed E-state index contributed by atoms with van der Waals surface area (Å²) in [5, 5.41) is 11.4. The number of aryl methyl sites for hydroxylation is 1. The van der Waals surface area contributed by atoms with Gasteiger partial charge in [0.05, 0.1) is 6.54 Å². The molecule has 2 heterocycles. The summed E-state index contributed by atoms with van der Waals surface area (Å²) in [6, 6.07) is 0.810. The van der Waals surface area contributed by atoms with Gasteiger partial charge in [-0.25, -0.2) is 9.59 Å². The van der Waals surface area contributed by atoms with E-state index in [-0.39, 0.29) is 29.5 Å². The van der Waals surface area contributed by atoms with Crippen molar-refractivity contribution in [1.29, 1.82) is 0 Å². The number of nitrogens with one attached hydrogen (secondary N) is 1. The number of aromatic carboxylic acids is 1. The van der Waals surface area contributed by atoms with Gasteiger partial charge in [-0.15, -0.1) is 0 Å². The van der Waals surface area contributed by atoms with Gasteiger partial charge in [0.2, 0.25) is 0 Å². The van der Waals surface area contributed by atoms with Crippen LogP contribution < -0.4 is 5.32 Å². The van der Waals surface area contributed by atoms with Crippen molar-refractivity contribution in [3.8, 4) is 0 Å². The summed E-state index contributed by atoms with van der Waals surface area (Å²) in [6.45, 7) is 4.64. The van der Waals surface area contributed by atoms with Gasteiger partial charge in [-0.3, -0.25) is 9.69 Å². The zero-order valence-corrected chi connectivity index (χ0v) is 10.8. The van der Waals surface area contributed by atoms with E-state index in [1.807, 2.05) is 0 Å². The van der Waals surface area contributed by atoms with Crippen molar-refractivity contribution in [3.05, 3.63) is 23.2 Å². The molecule has 19 heavy (non-hydrogen) atoms. The van der Waals surface area contributed by atoms with Crippen molar-refractivity contribution in [3.63, 3.8) is 0 Å². The summed E-state index contributed by atoms with van der Waals surface area (Å²) < 4.78 is 5.25. The Morgan fingerprint density at radius 1 is 1.47 bits per heavy atom. The molecule has 7 heteroatoms. The number of rotatable bonds is 3. The Kier molecular flexibility index (Phi) is 2.84. The molecule has 102 valence electrons. The summed E-state index contributed by atoms with van der Waals surface area (Å²) in [5.41, 5.74) is -0.921. The summed E-state index contributed by atoms with van der Waals surface area (Å²) in [7, 11) is 0. The monoisotopic (exact) mass is 266 g/mol. The number of carbonyl (C=O) groups excluding carboxylic acids is 2. The molecule has 1 aromatic rings. The molecule has 1 aliphatic heterocycles. The first-order chi connectivity index (χ1) is 8.72. The van der Waals surface area contributed by atoms with E-state index in [2.05, 4.69) is 5.32 Å². The molecule has 1 aromatic heterocycles. The Balaban J connectivity index is 2.23. The molecule has 0 atom stereocenters. The summed E-state index contributed by atoms with van der Waals surface area (Å²) in [6.07, 6.45) is 0. The van der Waals surface area contributed by atoms with Crippen LogP contribution >= 0.6 is 0 Å². The minimum Gasteiger partial charge on any atom is -0.478 e. The lowest BCUT2D eigenvalue weighted by Gasteiger charge is -2.14. The first kappa shape index (κ1) is 13.1. The van der Waals surface area contributed by atoms with Crippen molar-refractivity contribution < 1.29 is 23.9 Å². The van der Waals surface area contributed by atoms with E-state index >= 15 is 0 Å². The lowest BCUT2D eigenvalue weighted by atomic mass is 10.1. The SMILES string of the molecule is Cc1oc(CN2C(=O)NC(C)(C)C2=O)cc1C(=O)O. The summed E-state index contributed by atoms with van der Waals surface area (Å²) >= 11 is 0. The van der Waals surface area contributed by atoms with Crippen LogP contribution in [0.5, 0.6) is 0 Å². The second kappa shape index (κ2) is 4.11. The van der Waals surface area contributed by atoms with E-state index in [4.69, 9.17) is 9.52 Å². The number of carboxylic acid groups (broad SMARTS) is 1. The minimum atomic E-state index is -1.11. The Morgan fingerprint density at radius 2 is 2.11 bits per heavy atom. The third-order valence-corrected chi connectivity index (χ3v) is 2.96. The van der Waals surface area contributed by atoms with Gasteiger partial charge < -0.3 is 14.8 Å². The number of furan rings is 1. The molecule has 2 rings (SSSR count). The fourth-order valence-corrected chi connectivity index (χ4v) is 1.95. The van der Waals surface area contributed by atoms with E-state index in [0.29, 0.717) is 0 Å². The number of hydrogen-bond acceptors (Lipinski definition) is 4. The molecule has 0 aromatic carbocycles. The van der Waals surface area contributed by atoms with Gasteiger partial charge in [0.1, 0.15) is 22.6 Å².